The van der Waals surface area contributed by atoms with Crippen LogP contribution < -0.4 is 14.7 Å². The second-order valence-electron chi connectivity index (χ2n) is 11.5. The summed E-state index contributed by atoms with van der Waals surface area (Å²) in [6.07, 6.45) is 11.4. The molecule has 232 valence electrons. The van der Waals surface area contributed by atoms with E-state index in [-0.39, 0.29) is 0 Å². The molecule has 7 heteroatoms. The Bertz CT molecular complexity index is 1830. The van der Waals surface area contributed by atoms with E-state index in [9.17, 15) is 0 Å². The number of allylic oxidation sites excluding steroid dienone is 5. The molecule has 1 N–H and O–H groups in total. The van der Waals surface area contributed by atoms with Crippen molar-refractivity contribution in [3.8, 4) is 0 Å². The van der Waals surface area contributed by atoms with Crippen LogP contribution in [0.2, 0.25) is 10.0 Å². The van der Waals surface area contributed by atoms with Crippen LogP contribution in [0.25, 0.3) is 0 Å². The van der Waals surface area contributed by atoms with Gasteiger partial charge in [-0.1, -0.05) is 95.3 Å². The molecule has 2 atom stereocenters. The van der Waals surface area contributed by atoms with Crippen LogP contribution in [-0.2, 0) is 0 Å². The van der Waals surface area contributed by atoms with E-state index >= 15 is 0 Å². The predicted molar refractivity (Wildman–Crippen MR) is 199 cm³/mol. The monoisotopic (exact) mass is 680 g/mol. The number of likely N-dealkylation sites (N-methyl/N-ethyl adjacent to an activating group) is 1. The summed E-state index contributed by atoms with van der Waals surface area (Å²) in [5.41, 5.74) is 8.82. The molecule has 0 fully saturated rings. The van der Waals surface area contributed by atoms with Crippen molar-refractivity contribution in [2.45, 2.75) is 41.9 Å². The average molecular weight is 682 g/mol. The molecular weight excluding hydrogens is 645 g/mol. The molecule has 0 saturated carbocycles. The van der Waals surface area contributed by atoms with Crippen LogP contribution in [0.4, 0.5) is 22.7 Å². The Kier molecular flexibility index (Phi) is 9.39. The predicted octanol–water partition coefficient (Wildman–Crippen LogP) is 10.8. The Hall–Kier alpha value is -3.32. The molecule has 2 aliphatic heterocycles. The van der Waals surface area contributed by atoms with Gasteiger partial charge in [0.15, 0.2) is 5.37 Å². The van der Waals surface area contributed by atoms with E-state index in [4.69, 9.17) is 23.2 Å². The second-order valence-corrected chi connectivity index (χ2v) is 14.6. The van der Waals surface area contributed by atoms with Gasteiger partial charge in [-0.2, -0.15) is 0 Å². The molecule has 3 nitrogen and oxygen atoms in total. The van der Waals surface area contributed by atoms with Gasteiger partial charge in [0.05, 0.1) is 27.9 Å². The van der Waals surface area contributed by atoms with Gasteiger partial charge < -0.3 is 9.80 Å². The number of benzene rings is 4. The summed E-state index contributed by atoms with van der Waals surface area (Å²) in [5, 5.41) is 3.09. The van der Waals surface area contributed by atoms with Crippen molar-refractivity contribution in [1.29, 1.82) is 0 Å². The van der Waals surface area contributed by atoms with Crippen LogP contribution in [-0.4, -0.2) is 18.5 Å². The number of thioether (sulfide) groups is 2. The molecular formula is C39H36Cl2N3S2+. The Morgan fingerprint density at radius 2 is 1.50 bits per heavy atom. The minimum absolute atomic E-state index is 0.294. The molecule has 4 aromatic rings. The van der Waals surface area contributed by atoms with E-state index in [0.717, 1.165) is 47.4 Å². The molecule has 3 aliphatic rings. The van der Waals surface area contributed by atoms with Gasteiger partial charge in [-0.25, -0.2) is 0 Å². The lowest BCUT2D eigenvalue weighted by molar-refractivity contribution is -0.833. The van der Waals surface area contributed by atoms with Gasteiger partial charge in [-0.3, -0.25) is 4.90 Å². The summed E-state index contributed by atoms with van der Waals surface area (Å²) in [6.45, 7) is 6.38. The van der Waals surface area contributed by atoms with Crippen LogP contribution in [0.15, 0.2) is 153 Å². The minimum atomic E-state index is 0.294. The lowest BCUT2D eigenvalue weighted by Gasteiger charge is -2.28. The molecule has 0 aromatic heterocycles. The highest BCUT2D eigenvalue weighted by atomic mass is 35.5. The van der Waals surface area contributed by atoms with Crippen molar-refractivity contribution in [2.75, 3.05) is 22.9 Å². The van der Waals surface area contributed by atoms with Crippen LogP contribution in [0.3, 0.4) is 0 Å². The van der Waals surface area contributed by atoms with Gasteiger partial charge in [0.25, 0.3) is 0 Å². The fourth-order valence-corrected chi connectivity index (χ4v) is 9.59. The van der Waals surface area contributed by atoms with E-state index in [1.165, 1.54) is 47.9 Å². The largest absolute Gasteiger partial charge is 0.335 e. The van der Waals surface area contributed by atoms with Crippen LogP contribution in [0, 0.1) is 0 Å². The molecule has 46 heavy (non-hydrogen) atoms. The number of hydrogen-bond acceptors (Lipinski definition) is 4. The van der Waals surface area contributed by atoms with Crippen molar-refractivity contribution in [1.82, 2.24) is 0 Å². The van der Waals surface area contributed by atoms with Crippen molar-refractivity contribution in [2.24, 2.45) is 0 Å². The first-order chi connectivity index (χ1) is 22.5. The average Bonchev–Trinajstić information content (AvgIpc) is 3.75. The summed E-state index contributed by atoms with van der Waals surface area (Å²) in [5.74, 6) is 0. The van der Waals surface area contributed by atoms with Crippen LogP contribution in [0.1, 0.15) is 26.7 Å². The summed E-state index contributed by atoms with van der Waals surface area (Å²) in [4.78, 5) is 8.76. The molecule has 0 saturated heterocycles. The summed E-state index contributed by atoms with van der Waals surface area (Å²) in [7, 11) is 0. The highest BCUT2D eigenvalue weighted by Gasteiger charge is 2.34. The van der Waals surface area contributed by atoms with Gasteiger partial charge in [0.1, 0.15) is 5.69 Å². The zero-order chi connectivity index (χ0) is 31.6. The number of halogens is 2. The molecule has 7 rings (SSSR count). The first-order valence-corrected chi connectivity index (χ1v) is 18.3. The zero-order valence-electron chi connectivity index (χ0n) is 25.9. The molecule has 0 amide bonds. The third-order valence-electron chi connectivity index (χ3n) is 8.70. The van der Waals surface area contributed by atoms with E-state index in [2.05, 4.69) is 133 Å². The molecule has 0 radical (unpaired) electrons. The molecule has 2 unspecified atom stereocenters. The number of anilines is 3. The second kappa shape index (κ2) is 13.8. The van der Waals surface area contributed by atoms with Crippen LogP contribution >= 0.6 is 46.7 Å². The van der Waals surface area contributed by atoms with Crippen molar-refractivity contribution in [3.05, 3.63) is 153 Å². The normalized spacial score (nSPS) is 20.7. The third-order valence-corrected chi connectivity index (χ3v) is 11.6. The molecule has 0 bridgehead atoms. The Morgan fingerprint density at radius 1 is 0.826 bits per heavy atom. The van der Waals surface area contributed by atoms with Crippen molar-refractivity contribution in [3.63, 3.8) is 0 Å². The summed E-state index contributed by atoms with van der Waals surface area (Å²) >= 11 is 16.5. The number of hydrogen-bond donors (Lipinski definition) is 1. The topological polar surface area (TPSA) is 10.9 Å². The maximum absolute atomic E-state index is 6.38. The highest BCUT2D eigenvalue weighted by Crippen LogP contribution is 2.48. The van der Waals surface area contributed by atoms with Crippen molar-refractivity contribution < 1.29 is 4.90 Å². The highest BCUT2D eigenvalue weighted by molar-refractivity contribution is 8.03. The number of para-hydroxylation sites is 2. The van der Waals surface area contributed by atoms with Gasteiger partial charge >= 0.3 is 0 Å². The molecule has 0 spiro atoms. The van der Waals surface area contributed by atoms with E-state index in [1.807, 2.05) is 23.9 Å². The number of nitrogens with one attached hydrogen (secondary N) is 1. The standard InChI is InChI=1S/C39H35Cl2N3S2/c1-3-42-33-21-19-29(40)25-35(33)45-37(42)23-17-27-15-16-28(18-24-38-43(4-2)34-22-20-30(41)26-36(34)46-38)39(27)44(31-11-7-5-8-12-31)32-13-9-6-10-14-32/h5-14,17-26,37H,3-4,15-16H2,1-2H3/p+1/b23-17+,28-18+,38-24-. The smallest absolute Gasteiger partial charge is 0.163 e. The quantitative estimate of drug-likeness (QED) is 0.198. The summed E-state index contributed by atoms with van der Waals surface area (Å²) in [6, 6.07) is 34.0. The van der Waals surface area contributed by atoms with E-state index in [1.54, 1.807) is 11.8 Å². The molecule has 1 aliphatic carbocycles. The van der Waals surface area contributed by atoms with E-state index in [0.29, 0.717) is 5.37 Å². The fourth-order valence-electron chi connectivity index (χ4n) is 6.56. The Morgan fingerprint density at radius 3 is 2.17 bits per heavy atom. The SMILES string of the molecule is CCN1/C(=C/C=C2\CCC(/C=C/C3Sc4cc(Cl)ccc4[NH+]3CC)=C2N(c2ccccc2)c2ccccc2)Sc2cc(Cl)ccc21. The number of fused-ring (bicyclic) bond motifs is 2. The van der Waals surface area contributed by atoms with Gasteiger partial charge in [-0.15, -0.1) is 0 Å². The number of nitrogens with zero attached hydrogens (tertiary/aromatic N) is 2. The Balaban J connectivity index is 1.31. The molecule has 4 aromatic carbocycles. The molecule has 2 heterocycles. The third kappa shape index (κ3) is 6.20. The van der Waals surface area contributed by atoms with Gasteiger partial charge in [0.2, 0.25) is 0 Å². The summed E-state index contributed by atoms with van der Waals surface area (Å²) < 4.78 is 0. The lowest BCUT2D eigenvalue weighted by atomic mass is 10.1. The first kappa shape index (κ1) is 31.3. The van der Waals surface area contributed by atoms with Gasteiger partial charge in [-0.05, 0) is 105 Å². The van der Waals surface area contributed by atoms with E-state index < -0.39 is 0 Å². The number of rotatable bonds is 8. The fraction of sp³-hybridized carbons (Fsp3) is 0.179. The maximum Gasteiger partial charge on any atom is 0.163 e. The van der Waals surface area contributed by atoms with Crippen molar-refractivity contribution >= 4 is 69.5 Å². The minimum Gasteiger partial charge on any atom is -0.335 e. The lowest BCUT2D eigenvalue weighted by Crippen LogP contribution is -3.08. The van der Waals surface area contributed by atoms with Gasteiger partial charge in [0, 0.05) is 38.9 Å². The first-order valence-electron chi connectivity index (χ1n) is 15.8. The van der Waals surface area contributed by atoms with Crippen LogP contribution in [0.5, 0.6) is 0 Å². The Labute approximate surface area is 290 Å². The maximum atomic E-state index is 6.38. The zero-order valence-corrected chi connectivity index (χ0v) is 29.1. The number of quaternary nitrogens is 1.